The zero-order chi connectivity index (χ0) is 12.0. The minimum absolute atomic E-state index is 0.333. The van der Waals surface area contributed by atoms with Gasteiger partial charge in [-0.3, -0.25) is 0 Å². The molecule has 16 heavy (non-hydrogen) atoms. The normalized spacial score (nSPS) is 23.7. The number of hydrogen-bond donors (Lipinski definition) is 2. The van der Waals surface area contributed by atoms with Crippen LogP contribution in [-0.4, -0.2) is 34.5 Å². The first-order chi connectivity index (χ1) is 7.59. The summed E-state index contributed by atoms with van der Waals surface area (Å²) in [5.41, 5.74) is 0. The molecule has 2 N–H and O–H groups in total. The molecule has 4 heteroatoms. The van der Waals surface area contributed by atoms with E-state index in [4.69, 9.17) is 9.84 Å². The minimum atomic E-state index is -0.654. The molecule has 0 aromatic carbocycles. The highest BCUT2D eigenvalue weighted by Crippen LogP contribution is 2.13. The lowest BCUT2D eigenvalue weighted by molar-refractivity contribution is -0.142. The van der Waals surface area contributed by atoms with Gasteiger partial charge in [0.1, 0.15) is 6.10 Å². The van der Waals surface area contributed by atoms with Gasteiger partial charge in [0, 0.05) is 6.08 Å². The first-order valence-electron chi connectivity index (χ1n) is 5.49. The van der Waals surface area contributed by atoms with E-state index in [9.17, 15) is 9.90 Å². The van der Waals surface area contributed by atoms with Crippen LogP contribution in [0.2, 0.25) is 0 Å². The third-order valence-corrected chi connectivity index (χ3v) is 2.33. The van der Waals surface area contributed by atoms with E-state index in [-0.39, 0.29) is 6.10 Å². The van der Waals surface area contributed by atoms with Gasteiger partial charge in [-0.15, -0.1) is 0 Å². The Hall–Kier alpha value is -1.13. The van der Waals surface area contributed by atoms with E-state index in [0.29, 0.717) is 19.3 Å². The van der Waals surface area contributed by atoms with Crippen LogP contribution in [0, 0.1) is 0 Å². The third kappa shape index (κ3) is 4.59. The number of aliphatic hydroxyl groups is 2. The standard InChI is InChI=1S/C12H18O4/c1-9(13)5-3-2-4-6-10(14)11-7-8-12(15)16-11/h2-3,7-11,13-14H,4-6H2,1H3/t9-,10+,11-/m1/s1. The molecule has 0 aromatic rings. The van der Waals surface area contributed by atoms with Gasteiger partial charge in [0.2, 0.25) is 0 Å². The van der Waals surface area contributed by atoms with E-state index >= 15 is 0 Å². The van der Waals surface area contributed by atoms with Gasteiger partial charge in [0.05, 0.1) is 12.2 Å². The van der Waals surface area contributed by atoms with Crippen molar-refractivity contribution in [1.29, 1.82) is 0 Å². The first-order valence-corrected chi connectivity index (χ1v) is 5.49. The van der Waals surface area contributed by atoms with Gasteiger partial charge in [0.25, 0.3) is 0 Å². The van der Waals surface area contributed by atoms with E-state index in [1.807, 2.05) is 12.2 Å². The van der Waals surface area contributed by atoms with Gasteiger partial charge in [0.15, 0.2) is 0 Å². The topological polar surface area (TPSA) is 66.8 Å². The number of rotatable bonds is 6. The summed E-state index contributed by atoms with van der Waals surface area (Å²) in [6, 6.07) is 0. The Bertz CT molecular complexity index is 281. The highest BCUT2D eigenvalue weighted by atomic mass is 16.6. The fraction of sp³-hybridized carbons (Fsp3) is 0.583. The van der Waals surface area contributed by atoms with E-state index in [1.165, 1.54) is 6.08 Å². The number of cyclic esters (lactones) is 1. The molecule has 0 saturated heterocycles. The molecule has 1 heterocycles. The molecule has 90 valence electrons. The number of carbonyl (C=O) groups is 1. The second-order valence-electron chi connectivity index (χ2n) is 3.96. The molecule has 0 bridgehead atoms. The molecule has 1 aliphatic heterocycles. The van der Waals surface area contributed by atoms with Gasteiger partial charge in [-0.1, -0.05) is 12.2 Å². The van der Waals surface area contributed by atoms with Gasteiger partial charge >= 0.3 is 5.97 Å². The van der Waals surface area contributed by atoms with Crippen molar-refractivity contribution in [3.8, 4) is 0 Å². The Balaban J connectivity index is 2.15. The van der Waals surface area contributed by atoms with Crippen molar-refractivity contribution in [2.24, 2.45) is 0 Å². The van der Waals surface area contributed by atoms with Crippen LogP contribution < -0.4 is 0 Å². The quantitative estimate of drug-likeness (QED) is 0.522. The lowest BCUT2D eigenvalue weighted by Crippen LogP contribution is -2.25. The van der Waals surface area contributed by atoms with Crippen molar-refractivity contribution in [3.05, 3.63) is 24.3 Å². The Labute approximate surface area is 95.2 Å². The van der Waals surface area contributed by atoms with Gasteiger partial charge < -0.3 is 14.9 Å². The van der Waals surface area contributed by atoms with Crippen LogP contribution in [0.3, 0.4) is 0 Å². The number of esters is 1. The number of hydrogen-bond acceptors (Lipinski definition) is 4. The van der Waals surface area contributed by atoms with E-state index in [2.05, 4.69) is 0 Å². The van der Waals surface area contributed by atoms with Crippen LogP contribution in [0.25, 0.3) is 0 Å². The molecule has 1 rings (SSSR count). The largest absolute Gasteiger partial charge is 0.452 e. The molecule has 0 spiro atoms. The molecule has 0 aliphatic carbocycles. The Morgan fingerprint density at radius 2 is 2.25 bits per heavy atom. The highest BCUT2D eigenvalue weighted by Gasteiger charge is 2.23. The van der Waals surface area contributed by atoms with Crippen molar-refractivity contribution in [3.63, 3.8) is 0 Å². The SMILES string of the molecule is C[C@@H](O)CC=CCC[C@H](O)[C@H]1C=CC(=O)O1. The van der Waals surface area contributed by atoms with Crippen molar-refractivity contribution in [2.75, 3.05) is 0 Å². The van der Waals surface area contributed by atoms with Crippen LogP contribution in [0.5, 0.6) is 0 Å². The Morgan fingerprint density at radius 3 is 2.81 bits per heavy atom. The maximum atomic E-state index is 10.7. The molecule has 0 fully saturated rings. The predicted octanol–water partition coefficient (Wildman–Crippen LogP) is 0.936. The summed E-state index contributed by atoms with van der Waals surface area (Å²) >= 11 is 0. The van der Waals surface area contributed by atoms with E-state index in [0.717, 1.165) is 0 Å². The number of ether oxygens (including phenoxy) is 1. The molecule has 0 saturated carbocycles. The second-order valence-corrected chi connectivity index (χ2v) is 3.96. The van der Waals surface area contributed by atoms with E-state index < -0.39 is 18.2 Å². The third-order valence-electron chi connectivity index (χ3n) is 2.33. The van der Waals surface area contributed by atoms with Crippen LogP contribution in [0.1, 0.15) is 26.2 Å². The van der Waals surface area contributed by atoms with Crippen molar-refractivity contribution >= 4 is 5.97 Å². The molecule has 0 amide bonds. The lowest BCUT2D eigenvalue weighted by atomic mass is 10.1. The van der Waals surface area contributed by atoms with Crippen LogP contribution in [-0.2, 0) is 9.53 Å². The molecular formula is C12H18O4. The molecular weight excluding hydrogens is 208 g/mol. The molecule has 0 radical (unpaired) electrons. The number of allylic oxidation sites excluding steroid dienone is 1. The van der Waals surface area contributed by atoms with Gasteiger partial charge in [-0.05, 0) is 32.3 Å². The highest BCUT2D eigenvalue weighted by molar-refractivity contribution is 5.84. The first kappa shape index (κ1) is 12.9. The summed E-state index contributed by atoms with van der Waals surface area (Å²) in [5.74, 6) is -0.395. The number of aliphatic hydroxyl groups excluding tert-OH is 2. The minimum Gasteiger partial charge on any atom is -0.452 e. The fourth-order valence-electron chi connectivity index (χ4n) is 1.44. The summed E-state index contributed by atoms with van der Waals surface area (Å²) in [6.45, 7) is 1.72. The van der Waals surface area contributed by atoms with Crippen LogP contribution in [0.15, 0.2) is 24.3 Å². The van der Waals surface area contributed by atoms with Crippen LogP contribution in [0.4, 0.5) is 0 Å². The zero-order valence-electron chi connectivity index (χ0n) is 9.37. The summed E-state index contributed by atoms with van der Waals surface area (Å²) in [4.78, 5) is 10.7. The van der Waals surface area contributed by atoms with Crippen molar-refractivity contribution in [2.45, 2.75) is 44.5 Å². The predicted molar refractivity (Wildman–Crippen MR) is 59.7 cm³/mol. The molecule has 4 nitrogen and oxygen atoms in total. The summed E-state index contributed by atoms with van der Waals surface area (Å²) in [6.07, 6.45) is 7.08. The maximum absolute atomic E-state index is 10.7. The fourth-order valence-corrected chi connectivity index (χ4v) is 1.44. The summed E-state index contributed by atoms with van der Waals surface area (Å²) < 4.78 is 4.85. The van der Waals surface area contributed by atoms with Crippen molar-refractivity contribution < 1.29 is 19.7 Å². The van der Waals surface area contributed by atoms with Gasteiger partial charge in [-0.25, -0.2) is 4.79 Å². The van der Waals surface area contributed by atoms with Crippen molar-refractivity contribution in [1.82, 2.24) is 0 Å². The molecule has 0 aromatic heterocycles. The van der Waals surface area contributed by atoms with Crippen LogP contribution >= 0.6 is 0 Å². The van der Waals surface area contributed by atoms with Gasteiger partial charge in [-0.2, -0.15) is 0 Å². The average molecular weight is 226 g/mol. The lowest BCUT2D eigenvalue weighted by Gasteiger charge is -2.14. The maximum Gasteiger partial charge on any atom is 0.331 e. The summed E-state index contributed by atoms with van der Waals surface area (Å²) in [7, 11) is 0. The zero-order valence-corrected chi connectivity index (χ0v) is 9.37. The monoisotopic (exact) mass is 226 g/mol. The summed E-state index contributed by atoms with van der Waals surface area (Å²) in [5, 5.41) is 18.7. The molecule has 3 atom stereocenters. The second kappa shape index (κ2) is 6.45. The Morgan fingerprint density at radius 1 is 1.50 bits per heavy atom. The number of carbonyl (C=O) groups excluding carboxylic acids is 1. The molecule has 1 aliphatic rings. The molecule has 0 unspecified atom stereocenters. The van der Waals surface area contributed by atoms with E-state index in [1.54, 1.807) is 13.0 Å². The average Bonchev–Trinajstić information content (AvgIpc) is 2.63. The smallest absolute Gasteiger partial charge is 0.331 e. The Kier molecular flexibility index (Phi) is 5.22.